The number of carbonyl (C=O) groups is 3. The molecule has 0 spiro atoms. The van der Waals surface area contributed by atoms with E-state index in [-0.39, 0.29) is 18.8 Å². The van der Waals surface area contributed by atoms with Crippen molar-refractivity contribution in [3.63, 3.8) is 0 Å². The van der Waals surface area contributed by atoms with E-state index < -0.39 is 22.6 Å². The molecule has 8 heteroatoms. The molecule has 0 saturated carbocycles. The lowest BCUT2D eigenvalue weighted by Gasteiger charge is -2.24. The molecule has 1 aromatic carbocycles. The molecule has 0 atom stereocenters. The summed E-state index contributed by atoms with van der Waals surface area (Å²) in [6, 6.07) is 5.63. The Balaban J connectivity index is 2.03. The van der Waals surface area contributed by atoms with Crippen molar-refractivity contribution in [2.24, 2.45) is 0 Å². The second-order valence-corrected chi connectivity index (χ2v) is 4.35. The number of non-ortho nitro benzene ring substituents is 1. The number of nitro benzene ring substituents is 1. The van der Waals surface area contributed by atoms with Crippen LogP contribution in [0.1, 0.15) is 5.56 Å². The lowest BCUT2D eigenvalue weighted by Crippen LogP contribution is -2.52. The third-order valence-corrected chi connectivity index (χ3v) is 2.78. The Morgan fingerprint density at radius 2 is 1.76 bits per heavy atom. The fourth-order valence-corrected chi connectivity index (χ4v) is 1.77. The minimum absolute atomic E-state index is 0.0447. The maximum Gasteiger partial charge on any atom is 0.269 e. The first-order valence-corrected chi connectivity index (χ1v) is 6.00. The molecule has 1 N–H and O–H groups in total. The van der Waals surface area contributed by atoms with E-state index >= 15 is 0 Å². The molecule has 0 radical (unpaired) electrons. The van der Waals surface area contributed by atoms with Gasteiger partial charge in [0.05, 0.1) is 4.92 Å². The van der Waals surface area contributed by atoms with Gasteiger partial charge in [-0.05, 0) is 23.8 Å². The Labute approximate surface area is 119 Å². The lowest BCUT2D eigenvalue weighted by atomic mass is 10.2. The zero-order valence-electron chi connectivity index (χ0n) is 10.8. The summed E-state index contributed by atoms with van der Waals surface area (Å²) in [5, 5.41) is 12.6. The van der Waals surface area contributed by atoms with E-state index in [9.17, 15) is 24.5 Å². The zero-order chi connectivity index (χ0) is 15.4. The van der Waals surface area contributed by atoms with Gasteiger partial charge in [0.2, 0.25) is 17.7 Å². The van der Waals surface area contributed by atoms with Crippen molar-refractivity contribution >= 4 is 29.5 Å². The largest absolute Gasteiger partial charge is 0.321 e. The summed E-state index contributed by atoms with van der Waals surface area (Å²) in [5.74, 6) is -1.52. The quantitative estimate of drug-likeness (QED) is 0.367. The van der Waals surface area contributed by atoms with Gasteiger partial charge < -0.3 is 4.90 Å². The van der Waals surface area contributed by atoms with Crippen molar-refractivity contribution in [3.8, 4) is 0 Å². The fraction of sp³-hybridized carbons (Fsp3) is 0.154. The van der Waals surface area contributed by atoms with Crippen LogP contribution >= 0.6 is 0 Å². The second-order valence-electron chi connectivity index (χ2n) is 4.35. The molecule has 108 valence electrons. The lowest BCUT2D eigenvalue weighted by molar-refractivity contribution is -0.384. The van der Waals surface area contributed by atoms with Crippen LogP contribution in [0.4, 0.5) is 5.69 Å². The van der Waals surface area contributed by atoms with Gasteiger partial charge in [0, 0.05) is 18.2 Å². The van der Waals surface area contributed by atoms with E-state index in [1.165, 1.54) is 36.4 Å². The summed E-state index contributed by atoms with van der Waals surface area (Å²) in [5.41, 5.74) is 0.554. The molecule has 2 rings (SSSR count). The van der Waals surface area contributed by atoms with Crippen molar-refractivity contribution in [3.05, 3.63) is 46.0 Å². The standard InChI is InChI=1S/C13H11N3O5/c17-11-7-15(8-12(18)14-11)13(19)6-3-9-1-4-10(5-2-9)16(20)21/h1-6H,7-8H2,(H,14,17,18). The highest BCUT2D eigenvalue weighted by atomic mass is 16.6. The number of imide groups is 1. The average Bonchev–Trinajstić information content (AvgIpc) is 2.44. The number of nitrogens with one attached hydrogen (secondary N) is 1. The van der Waals surface area contributed by atoms with Gasteiger partial charge in [0.25, 0.3) is 5.69 Å². The van der Waals surface area contributed by atoms with Gasteiger partial charge >= 0.3 is 0 Å². The van der Waals surface area contributed by atoms with Crippen molar-refractivity contribution < 1.29 is 19.3 Å². The summed E-state index contributed by atoms with van der Waals surface area (Å²) < 4.78 is 0. The maximum atomic E-state index is 11.8. The molecule has 0 unspecified atom stereocenters. The van der Waals surface area contributed by atoms with Crippen LogP contribution in [0.5, 0.6) is 0 Å². The highest BCUT2D eigenvalue weighted by Gasteiger charge is 2.24. The molecule has 0 aliphatic carbocycles. The number of rotatable bonds is 3. The van der Waals surface area contributed by atoms with Gasteiger partial charge in [-0.2, -0.15) is 0 Å². The van der Waals surface area contributed by atoms with Crippen LogP contribution in [0.25, 0.3) is 6.08 Å². The summed E-state index contributed by atoms with van der Waals surface area (Å²) >= 11 is 0. The summed E-state index contributed by atoms with van der Waals surface area (Å²) in [4.78, 5) is 45.2. The number of nitrogens with zero attached hydrogens (tertiary/aromatic N) is 2. The Hall–Kier alpha value is -3.03. The number of amides is 3. The monoisotopic (exact) mass is 289 g/mol. The number of benzene rings is 1. The van der Waals surface area contributed by atoms with E-state index in [1.54, 1.807) is 0 Å². The zero-order valence-corrected chi connectivity index (χ0v) is 10.8. The summed E-state index contributed by atoms with van der Waals surface area (Å²) in [6.07, 6.45) is 2.68. The molecule has 1 aromatic rings. The third kappa shape index (κ3) is 3.72. The average molecular weight is 289 g/mol. The van der Waals surface area contributed by atoms with E-state index in [2.05, 4.69) is 5.32 Å². The highest BCUT2D eigenvalue weighted by molar-refractivity contribution is 6.04. The molecule has 1 aliphatic rings. The van der Waals surface area contributed by atoms with Crippen LogP contribution < -0.4 is 5.32 Å². The van der Waals surface area contributed by atoms with Gasteiger partial charge in [-0.3, -0.25) is 29.8 Å². The number of carbonyl (C=O) groups excluding carboxylic acids is 3. The number of piperazine rings is 1. The van der Waals surface area contributed by atoms with Crippen LogP contribution in [0.15, 0.2) is 30.3 Å². The first kappa shape index (κ1) is 14.4. The van der Waals surface area contributed by atoms with Gasteiger partial charge in [0.15, 0.2) is 0 Å². The molecular weight excluding hydrogens is 278 g/mol. The third-order valence-electron chi connectivity index (χ3n) is 2.78. The Morgan fingerprint density at radius 1 is 1.19 bits per heavy atom. The highest BCUT2D eigenvalue weighted by Crippen LogP contribution is 2.13. The molecule has 1 saturated heterocycles. The van der Waals surface area contributed by atoms with E-state index in [1.807, 2.05) is 0 Å². The van der Waals surface area contributed by atoms with Crippen LogP contribution in [-0.4, -0.2) is 40.6 Å². The molecule has 1 aliphatic heterocycles. The molecule has 8 nitrogen and oxygen atoms in total. The molecule has 1 heterocycles. The van der Waals surface area contributed by atoms with E-state index in [0.29, 0.717) is 5.56 Å². The molecule has 0 bridgehead atoms. The topological polar surface area (TPSA) is 110 Å². The smallest absolute Gasteiger partial charge is 0.269 e. The predicted molar refractivity (Wildman–Crippen MR) is 71.9 cm³/mol. The van der Waals surface area contributed by atoms with Crippen LogP contribution in [-0.2, 0) is 14.4 Å². The maximum absolute atomic E-state index is 11.8. The Morgan fingerprint density at radius 3 is 2.29 bits per heavy atom. The molecule has 0 aromatic heterocycles. The minimum atomic E-state index is -0.525. The van der Waals surface area contributed by atoms with Gasteiger partial charge in [-0.1, -0.05) is 0 Å². The molecular formula is C13H11N3O5. The first-order valence-electron chi connectivity index (χ1n) is 6.00. The number of hydrogen-bond donors (Lipinski definition) is 1. The molecule has 1 fully saturated rings. The van der Waals surface area contributed by atoms with Crippen molar-refractivity contribution in [1.29, 1.82) is 0 Å². The van der Waals surface area contributed by atoms with Crippen LogP contribution in [0.2, 0.25) is 0 Å². The van der Waals surface area contributed by atoms with Crippen molar-refractivity contribution in [1.82, 2.24) is 10.2 Å². The normalized spacial score (nSPS) is 15.1. The minimum Gasteiger partial charge on any atom is -0.321 e. The fourth-order valence-electron chi connectivity index (χ4n) is 1.77. The second kappa shape index (κ2) is 5.95. The summed E-state index contributed by atoms with van der Waals surface area (Å²) in [7, 11) is 0. The van der Waals surface area contributed by atoms with E-state index in [4.69, 9.17) is 0 Å². The molecule has 3 amide bonds. The number of nitro groups is 1. The SMILES string of the molecule is O=C1CN(C(=O)C=Cc2ccc([N+](=O)[O-])cc2)CC(=O)N1. The van der Waals surface area contributed by atoms with Crippen molar-refractivity contribution in [2.45, 2.75) is 0 Å². The van der Waals surface area contributed by atoms with Gasteiger partial charge in [-0.15, -0.1) is 0 Å². The first-order chi connectivity index (χ1) is 9.95. The van der Waals surface area contributed by atoms with E-state index in [0.717, 1.165) is 4.90 Å². The van der Waals surface area contributed by atoms with Crippen LogP contribution in [0.3, 0.4) is 0 Å². The molecule has 21 heavy (non-hydrogen) atoms. The van der Waals surface area contributed by atoms with Gasteiger partial charge in [-0.25, -0.2) is 0 Å². The van der Waals surface area contributed by atoms with Crippen molar-refractivity contribution in [2.75, 3.05) is 13.1 Å². The number of hydrogen-bond acceptors (Lipinski definition) is 5. The predicted octanol–water partition coefficient (Wildman–Crippen LogP) is 0.0930. The Bertz CT molecular complexity index is 620. The van der Waals surface area contributed by atoms with Gasteiger partial charge in [0.1, 0.15) is 13.1 Å². The van der Waals surface area contributed by atoms with Crippen LogP contribution in [0, 0.1) is 10.1 Å². The Kier molecular flexibility index (Phi) is 4.07. The summed E-state index contributed by atoms with van der Waals surface area (Å²) in [6.45, 7) is -0.343.